The van der Waals surface area contributed by atoms with E-state index in [1.54, 1.807) is 35.0 Å². The van der Waals surface area contributed by atoms with Crippen LogP contribution in [0.25, 0.3) is 28.0 Å². The molecule has 5 rings (SSSR count). The number of nitrogens with one attached hydrogen (secondary N) is 2. The zero-order valence-electron chi connectivity index (χ0n) is 19.2. The van der Waals surface area contributed by atoms with Crippen LogP contribution in [-0.4, -0.2) is 53.1 Å². The first-order valence-electron chi connectivity index (χ1n) is 11.7. The van der Waals surface area contributed by atoms with E-state index in [1.165, 1.54) is 6.21 Å². The molecule has 3 N–H and O–H groups in total. The first-order valence-corrected chi connectivity index (χ1v) is 12.1. The summed E-state index contributed by atoms with van der Waals surface area (Å²) in [6.45, 7) is 2.74. The highest BCUT2D eigenvalue weighted by molar-refractivity contribution is 6.30. The average Bonchev–Trinajstić information content (AvgIpc) is 3.52. The van der Waals surface area contributed by atoms with Gasteiger partial charge in [-0.3, -0.25) is 14.3 Å². The number of likely N-dealkylation sites (tertiary alicyclic amines) is 1. The number of rotatable bonds is 8. The van der Waals surface area contributed by atoms with Gasteiger partial charge < -0.3 is 20.2 Å². The number of furan rings is 1. The van der Waals surface area contributed by atoms with Crippen LogP contribution >= 0.6 is 11.6 Å². The van der Waals surface area contributed by atoms with Gasteiger partial charge in [-0.2, -0.15) is 0 Å². The molecule has 0 spiro atoms. The summed E-state index contributed by atoms with van der Waals surface area (Å²) in [5, 5.41) is 21.9. The van der Waals surface area contributed by atoms with Crippen molar-refractivity contribution in [2.75, 3.05) is 31.6 Å². The van der Waals surface area contributed by atoms with Gasteiger partial charge in [0.2, 0.25) is 0 Å². The first kappa shape index (κ1) is 23.4. The molecule has 1 unspecified atom stereocenters. The number of hydrogen-bond donors (Lipinski definition) is 3. The molecule has 1 aliphatic rings. The molecule has 1 atom stereocenters. The van der Waals surface area contributed by atoms with Crippen molar-refractivity contribution in [3.05, 3.63) is 81.7 Å². The Kier molecular flexibility index (Phi) is 6.72. The molecule has 0 aliphatic carbocycles. The minimum absolute atomic E-state index is 0.188. The van der Waals surface area contributed by atoms with E-state index >= 15 is 0 Å². The molecule has 0 bridgehead atoms. The van der Waals surface area contributed by atoms with E-state index in [0.29, 0.717) is 39.5 Å². The third-order valence-electron chi connectivity index (χ3n) is 6.61. The highest BCUT2D eigenvalue weighted by atomic mass is 35.5. The van der Waals surface area contributed by atoms with Crippen LogP contribution in [0.5, 0.6) is 0 Å². The van der Waals surface area contributed by atoms with Gasteiger partial charge in [-0.1, -0.05) is 11.6 Å². The van der Waals surface area contributed by atoms with Gasteiger partial charge >= 0.3 is 0 Å². The van der Waals surface area contributed by atoms with Crippen molar-refractivity contribution in [1.29, 1.82) is 5.41 Å². The maximum atomic E-state index is 13.3. The molecule has 180 valence electrons. The Morgan fingerprint density at radius 2 is 2.00 bits per heavy atom. The second-order valence-electron chi connectivity index (χ2n) is 8.74. The lowest BCUT2D eigenvalue weighted by Crippen LogP contribution is -2.35. The van der Waals surface area contributed by atoms with Crippen molar-refractivity contribution < 1.29 is 9.52 Å². The lowest BCUT2D eigenvalue weighted by atomic mass is 10.1. The number of aliphatic hydroxyl groups is 1. The SMILES string of the molecule is N=Cc1cc(-n2ccc3oc(-c4ccc(Cl)cc4)cc3c2=O)ccc1NCCN1CCCC1CO. The third kappa shape index (κ3) is 4.75. The van der Waals surface area contributed by atoms with Gasteiger partial charge in [0.25, 0.3) is 5.56 Å². The molecular formula is C27H27ClN4O3. The number of benzene rings is 2. The molecule has 7 nitrogen and oxygen atoms in total. The molecule has 1 aliphatic heterocycles. The van der Waals surface area contributed by atoms with Gasteiger partial charge in [0.15, 0.2) is 0 Å². The molecule has 2 aromatic heterocycles. The quantitative estimate of drug-likeness (QED) is 0.309. The summed E-state index contributed by atoms with van der Waals surface area (Å²) >= 11 is 5.98. The number of aliphatic hydroxyl groups excluding tert-OH is 1. The van der Waals surface area contributed by atoms with Gasteiger partial charge in [-0.15, -0.1) is 0 Å². The summed E-state index contributed by atoms with van der Waals surface area (Å²) < 4.78 is 7.48. The van der Waals surface area contributed by atoms with Crippen LogP contribution in [0.2, 0.25) is 5.02 Å². The summed E-state index contributed by atoms with van der Waals surface area (Å²) in [5.74, 6) is 0.604. The van der Waals surface area contributed by atoms with Crippen LogP contribution in [0.1, 0.15) is 18.4 Å². The predicted molar refractivity (Wildman–Crippen MR) is 140 cm³/mol. The minimum atomic E-state index is -0.188. The van der Waals surface area contributed by atoms with Crippen LogP contribution in [0.3, 0.4) is 0 Å². The lowest BCUT2D eigenvalue weighted by molar-refractivity contribution is 0.163. The summed E-state index contributed by atoms with van der Waals surface area (Å²) in [7, 11) is 0. The van der Waals surface area contributed by atoms with Crippen molar-refractivity contribution in [3.8, 4) is 17.0 Å². The topological polar surface area (TPSA) is 94.5 Å². The smallest absolute Gasteiger partial charge is 0.266 e. The normalized spacial score (nSPS) is 16.1. The number of aromatic nitrogens is 1. The zero-order chi connectivity index (χ0) is 24.4. The van der Waals surface area contributed by atoms with Crippen LogP contribution in [0.4, 0.5) is 5.69 Å². The number of anilines is 1. The second kappa shape index (κ2) is 10.1. The van der Waals surface area contributed by atoms with E-state index in [0.717, 1.165) is 37.2 Å². The fourth-order valence-electron chi connectivity index (χ4n) is 4.71. The van der Waals surface area contributed by atoms with Crippen LogP contribution in [0.15, 0.2) is 70.0 Å². The Hall–Kier alpha value is -3.39. The Morgan fingerprint density at radius 1 is 1.17 bits per heavy atom. The maximum Gasteiger partial charge on any atom is 0.266 e. The Bertz CT molecular complexity index is 1410. The van der Waals surface area contributed by atoms with E-state index in [2.05, 4.69) is 10.2 Å². The van der Waals surface area contributed by atoms with Crippen LogP contribution in [0, 0.1) is 5.41 Å². The second-order valence-corrected chi connectivity index (χ2v) is 9.18. The molecule has 0 saturated carbocycles. The monoisotopic (exact) mass is 490 g/mol. The highest BCUT2D eigenvalue weighted by Gasteiger charge is 2.22. The largest absolute Gasteiger partial charge is 0.456 e. The number of pyridine rings is 1. The van der Waals surface area contributed by atoms with Crippen LogP contribution < -0.4 is 10.9 Å². The standard InChI is InChI=1S/C27H27ClN4O3/c28-20-5-3-18(4-6-20)26-15-23-25(35-26)9-12-32(27(23)34)21-7-8-24(19(14-21)16-29)30-10-13-31-11-1-2-22(31)17-33/h3-9,12,14-16,22,29-30,33H,1-2,10-11,13,17H2. The highest BCUT2D eigenvalue weighted by Crippen LogP contribution is 2.28. The molecule has 8 heteroatoms. The average molecular weight is 491 g/mol. The molecule has 2 aromatic carbocycles. The predicted octanol–water partition coefficient (Wildman–Crippen LogP) is 4.77. The summed E-state index contributed by atoms with van der Waals surface area (Å²) in [6, 6.07) is 16.6. The van der Waals surface area contributed by atoms with Gasteiger partial charge in [0.05, 0.1) is 12.0 Å². The number of nitrogens with zero attached hydrogens (tertiary/aromatic N) is 2. The maximum absolute atomic E-state index is 13.3. The molecule has 1 fully saturated rings. The third-order valence-corrected chi connectivity index (χ3v) is 6.86. The fraction of sp³-hybridized carbons (Fsp3) is 0.259. The minimum Gasteiger partial charge on any atom is -0.456 e. The molecule has 35 heavy (non-hydrogen) atoms. The Balaban J connectivity index is 1.38. The van der Waals surface area contributed by atoms with E-state index < -0.39 is 0 Å². The lowest BCUT2D eigenvalue weighted by Gasteiger charge is -2.23. The summed E-state index contributed by atoms with van der Waals surface area (Å²) in [6.07, 6.45) is 5.13. The van der Waals surface area contributed by atoms with Crippen molar-refractivity contribution in [2.24, 2.45) is 0 Å². The molecular weight excluding hydrogens is 464 g/mol. The Labute approximate surface area is 208 Å². The molecule has 0 radical (unpaired) electrons. The zero-order valence-corrected chi connectivity index (χ0v) is 20.0. The van der Waals surface area contributed by atoms with Crippen molar-refractivity contribution in [2.45, 2.75) is 18.9 Å². The summed E-state index contributed by atoms with van der Waals surface area (Å²) in [5.41, 5.74) is 3.39. The van der Waals surface area contributed by atoms with E-state index in [9.17, 15) is 9.90 Å². The molecule has 1 saturated heterocycles. The molecule has 4 aromatic rings. The van der Waals surface area contributed by atoms with Gasteiger partial charge in [0, 0.05) is 59.1 Å². The molecule has 0 amide bonds. The number of hydrogen-bond acceptors (Lipinski definition) is 6. The van der Waals surface area contributed by atoms with E-state index in [4.69, 9.17) is 21.4 Å². The fourth-order valence-corrected chi connectivity index (χ4v) is 4.83. The Morgan fingerprint density at radius 3 is 2.77 bits per heavy atom. The van der Waals surface area contributed by atoms with Gasteiger partial charge in [0.1, 0.15) is 11.3 Å². The summed E-state index contributed by atoms with van der Waals surface area (Å²) in [4.78, 5) is 15.6. The van der Waals surface area contributed by atoms with Crippen molar-refractivity contribution >= 4 is 34.5 Å². The van der Waals surface area contributed by atoms with Crippen molar-refractivity contribution in [1.82, 2.24) is 9.47 Å². The first-order chi connectivity index (χ1) is 17.1. The van der Waals surface area contributed by atoms with Gasteiger partial charge in [-0.25, -0.2) is 0 Å². The van der Waals surface area contributed by atoms with Crippen molar-refractivity contribution in [3.63, 3.8) is 0 Å². The molecule has 3 heterocycles. The number of halogens is 1. The van der Waals surface area contributed by atoms with Crippen LogP contribution in [-0.2, 0) is 0 Å². The van der Waals surface area contributed by atoms with Gasteiger partial charge in [-0.05, 0) is 74.0 Å². The van der Waals surface area contributed by atoms with E-state index in [1.807, 2.05) is 30.3 Å². The number of fused-ring (bicyclic) bond motifs is 1. The van der Waals surface area contributed by atoms with E-state index in [-0.39, 0.29) is 18.2 Å².